The van der Waals surface area contributed by atoms with Crippen molar-refractivity contribution >= 4 is 33.8 Å². The first-order chi connectivity index (χ1) is 15.1. The normalized spacial score (nSPS) is 12.6. The third-order valence-corrected chi connectivity index (χ3v) is 7.28. The molecule has 33 heavy (non-hydrogen) atoms. The van der Waals surface area contributed by atoms with Crippen molar-refractivity contribution in [3.63, 3.8) is 0 Å². The Hall–Kier alpha value is -2.09. The lowest BCUT2D eigenvalue weighted by molar-refractivity contribution is 0.160. The zero-order valence-electron chi connectivity index (χ0n) is 18.8. The number of sulfone groups is 1. The molecule has 0 saturated heterocycles. The summed E-state index contributed by atoms with van der Waals surface area (Å²) in [5.41, 5.74) is 1.44. The highest BCUT2D eigenvalue weighted by Crippen LogP contribution is 2.24. The number of aliphatic hydroxyl groups excluding tert-OH is 1. The lowest BCUT2D eigenvalue weighted by Gasteiger charge is -2.28. The van der Waals surface area contributed by atoms with Gasteiger partial charge in [0.15, 0.2) is 0 Å². The summed E-state index contributed by atoms with van der Waals surface area (Å²) in [4.78, 5) is 0.469. The van der Waals surface area contributed by atoms with Crippen LogP contribution < -0.4 is 10.1 Å². The summed E-state index contributed by atoms with van der Waals surface area (Å²) in [6.45, 7) is 4.46. The van der Waals surface area contributed by atoms with Gasteiger partial charge < -0.3 is 15.2 Å². The van der Waals surface area contributed by atoms with Crippen LogP contribution in [0.3, 0.4) is 0 Å². The number of rotatable bonds is 9. The smallest absolute Gasteiger partial charge is 0.206 e. The number of methoxy groups -OCH3 is 1. The lowest BCUT2D eigenvalue weighted by atomic mass is 9.94. The summed E-state index contributed by atoms with van der Waals surface area (Å²) in [5, 5.41) is 14.4. The summed E-state index contributed by atoms with van der Waals surface area (Å²) in [7, 11) is -2.06. The molecule has 8 heteroatoms. The molecule has 0 fully saturated rings. The van der Waals surface area contributed by atoms with Gasteiger partial charge in [0.2, 0.25) is 9.84 Å². The quantitative estimate of drug-likeness (QED) is 0.412. The first-order valence-electron chi connectivity index (χ1n) is 10.3. The number of hydrogen-bond donors (Lipinski definition) is 2. The number of hydrogen-bond acceptors (Lipinski definition) is 5. The molecule has 0 heterocycles. The van der Waals surface area contributed by atoms with Gasteiger partial charge >= 0.3 is 0 Å². The SMILES string of the molecule is COc1ccc(S(=O)(=O)c2ccc(CC(C)(C)NC[C@H](O)c3cccc(Cl)c3)cc2)cc1.Cl. The molecule has 0 saturated carbocycles. The summed E-state index contributed by atoms with van der Waals surface area (Å²) in [5.74, 6) is 0.606. The van der Waals surface area contributed by atoms with Crippen LogP contribution in [0.5, 0.6) is 5.75 Å². The Kier molecular flexibility index (Phi) is 9.35. The van der Waals surface area contributed by atoms with E-state index < -0.39 is 15.9 Å². The number of nitrogens with one attached hydrogen (secondary N) is 1. The second-order valence-corrected chi connectivity index (χ2v) is 10.7. The van der Waals surface area contributed by atoms with Crippen LogP contribution in [-0.2, 0) is 16.3 Å². The maximum Gasteiger partial charge on any atom is 0.206 e. The number of benzene rings is 3. The molecule has 0 bridgehead atoms. The molecule has 0 amide bonds. The highest BCUT2D eigenvalue weighted by Gasteiger charge is 2.21. The Labute approximate surface area is 207 Å². The predicted octanol–water partition coefficient (Wildman–Crippen LogP) is 5.25. The van der Waals surface area contributed by atoms with Gasteiger partial charge in [0.05, 0.1) is 23.0 Å². The standard InChI is InChI=1S/C25H28ClNO4S.ClH/c1-25(2,27-17-24(28)19-5-4-6-20(26)15-19)16-18-7-11-22(12-8-18)32(29,30)23-13-9-21(31-3)10-14-23;/h4-15,24,27-28H,16-17H2,1-3H3;1H/t24-;/m0./s1. The van der Waals surface area contributed by atoms with Gasteiger partial charge in [-0.2, -0.15) is 0 Å². The molecule has 2 N–H and O–H groups in total. The second-order valence-electron chi connectivity index (χ2n) is 8.34. The summed E-state index contributed by atoms with van der Waals surface area (Å²) in [6, 6.07) is 20.4. The van der Waals surface area contributed by atoms with Crippen molar-refractivity contribution in [2.24, 2.45) is 0 Å². The van der Waals surface area contributed by atoms with Gasteiger partial charge in [-0.3, -0.25) is 0 Å². The average molecular weight is 510 g/mol. The minimum Gasteiger partial charge on any atom is -0.497 e. The molecular formula is C25H29Cl2NO4S. The van der Waals surface area contributed by atoms with Crippen molar-refractivity contribution in [1.29, 1.82) is 0 Å². The maximum absolute atomic E-state index is 12.9. The monoisotopic (exact) mass is 509 g/mol. The Balaban J connectivity index is 0.00000385. The van der Waals surface area contributed by atoms with Gasteiger partial charge in [0.25, 0.3) is 0 Å². The fourth-order valence-corrected chi connectivity index (χ4v) is 4.91. The molecule has 0 aliphatic heterocycles. The highest BCUT2D eigenvalue weighted by atomic mass is 35.5. The van der Waals surface area contributed by atoms with E-state index in [-0.39, 0.29) is 27.7 Å². The van der Waals surface area contributed by atoms with Crippen molar-refractivity contribution in [3.05, 3.63) is 88.9 Å². The molecule has 3 aromatic rings. The van der Waals surface area contributed by atoms with Crippen molar-refractivity contribution < 1.29 is 18.3 Å². The molecular weight excluding hydrogens is 481 g/mol. The molecule has 0 unspecified atom stereocenters. The van der Waals surface area contributed by atoms with Crippen LogP contribution in [0.1, 0.15) is 31.1 Å². The Morgan fingerprint density at radius 1 is 1.00 bits per heavy atom. The molecule has 0 aliphatic carbocycles. The Morgan fingerprint density at radius 3 is 2.12 bits per heavy atom. The van der Waals surface area contributed by atoms with Crippen LogP contribution in [0.4, 0.5) is 0 Å². The number of aliphatic hydroxyl groups is 1. The summed E-state index contributed by atoms with van der Waals surface area (Å²) >= 11 is 6.00. The number of β-amino-alcohol motifs (C(OH)–C–C–N with tert-alkyl or cyclic N) is 1. The molecule has 0 radical (unpaired) electrons. The molecule has 3 aromatic carbocycles. The van der Waals surface area contributed by atoms with E-state index in [1.165, 1.54) is 7.11 Å². The van der Waals surface area contributed by atoms with E-state index in [0.29, 0.717) is 23.7 Å². The van der Waals surface area contributed by atoms with Crippen molar-refractivity contribution in [2.45, 2.75) is 41.7 Å². The minimum absolute atomic E-state index is 0. The van der Waals surface area contributed by atoms with Gasteiger partial charge in [-0.05, 0) is 79.9 Å². The van der Waals surface area contributed by atoms with Gasteiger partial charge in [0, 0.05) is 17.1 Å². The van der Waals surface area contributed by atoms with Gasteiger partial charge in [-0.1, -0.05) is 35.9 Å². The molecule has 0 aliphatic rings. The predicted molar refractivity (Wildman–Crippen MR) is 134 cm³/mol. The minimum atomic E-state index is -3.60. The highest BCUT2D eigenvalue weighted by molar-refractivity contribution is 7.91. The summed E-state index contributed by atoms with van der Waals surface area (Å²) < 4.78 is 30.8. The van der Waals surface area contributed by atoms with E-state index in [4.69, 9.17) is 16.3 Å². The van der Waals surface area contributed by atoms with E-state index in [9.17, 15) is 13.5 Å². The largest absolute Gasteiger partial charge is 0.497 e. The van der Waals surface area contributed by atoms with Crippen LogP contribution in [0.2, 0.25) is 5.02 Å². The van der Waals surface area contributed by atoms with Gasteiger partial charge in [-0.15, -0.1) is 12.4 Å². The third-order valence-electron chi connectivity index (χ3n) is 5.26. The van der Waals surface area contributed by atoms with E-state index in [0.717, 1.165) is 11.1 Å². The second kappa shape index (κ2) is 11.4. The molecule has 0 spiro atoms. The molecule has 0 aromatic heterocycles. The van der Waals surface area contributed by atoms with E-state index in [1.807, 2.05) is 38.1 Å². The molecule has 5 nitrogen and oxygen atoms in total. The van der Waals surface area contributed by atoms with E-state index in [2.05, 4.69) is 5.32 Å². The van der Waals surface area contributed by atoms with Crippen LogP contribution >= 0.6 is 24.0 Å². The van der Waals surface area contributed by atoms with Crippen molar-refractivity contribution in [2.75, 3.05) is 13.7 Å². The van der Waals surface area contributed by atoms with E-state index in [1.54, 1.807) is 48.5 Å². The zero-order chi connectivity index (χ0) is 23.4. The van der Waals surface area contributed by atoms with Gasteiger partial charge in [0.1, 0.15) is 5.75 Å². The van der Waals surface area contributed by atoms with Crippen LogP contribution in [0.15, 0.2) is 82.6 Å². The Bertz CT molecular complexity index is 1150. The Morgan fingerprint density at radius 2 is 1.58 bits per heavy atom. The first kappa shape index (κ1) is 27.2. The fraction of sp³-hybridized carbons (Fsp3) is 0.280. The lowest BCUT2D eigenvalue weighted by Crippen LogP contribution is -2.43. The third kappa shape index (κ3) is 7.19. The molecule has 3 rings (SSSR count). The van der Waals surface area contributed by atoms with Crippen LogP contribution in [0, 0.1) is 0 Å². The fourth-order valence-electron chi connectivity index (χ4n) is 3.45. The average Bonchev–Trinajstić information content (AvgIpc) is 2.77. The van der Waals surface area contributed by atoms with Crippen LogP contribution in [0.25, 0.3) is 0 Å². The first-order valence-corrected chi connectivity index (χ1v) is 12.1. The van der Waals surface area contributed by atoms with Crippen LogP contribution in [-0.4, -0.2) is 32.7 Å². The van der Waals surface area contributed by atoms with Gasteiger partial charge in [-0.25, -0.2) is 8.42 Å². The summed E-state index contributed by atoms with van der Waals surface area (Å²) in [6.07, 6.45) is -0.0111. The van der Waals surface area contributed by atoms with Crippen molar-refractivity contribution in [3.8, 4) is 5.75 Å². The van der Waals surface area contributed by atoms with Crippen molar-refractivity contribution in [1.82, 2.24) is 5.32 Å². The number of halogens is 2. The topological polar surface area (TPSA) is 75.6 Å². The molecule has 1 atom stereocenters. The number of ether oxygens (including phenoxy) is 1. The molecule has 178 valence electrons. The maximum atomic E-state index is 12.9. The van der Waals surface area contributed by atoms with E-state index >= 15 is 0 Å². The zero-order valence-corrected chi connectivity index (χ0v) is 21.2.